The summed E-state index contributed by atoms with van der Waals surface area (Å²) in [5, 5.41) is 2.58. The van der Waals surface area contributed by atoms with Gasteiger partial charge in [0.25, 0.3) is 11.8 Å². The number of rotatable bonds is 5. The molecule has 31 heavy (non-hydrogen) atoms. The zero-order valence-electron chi connectivity index (χ0n) is 15.2. The largest absolute Gasteiger partial charge is 0.484 e. The second kappa shape index (κ2) is 7.85. The quantitative estimate of drug-likeness (QED) is 0.561. The Labute approximate surface area is 169 Å². The lowest BCUT2D eigenvalue weighted by Crippen LogP contribution is -2.22. The number of primary amides is 1. The maximum Gasteiger partial charge on any atom is 0.416 e. The lowest BCUT2D eigenvalue weighted by Gasteiger charge is -2.14. The van der Waals surface area contributed by atoms with E-state index in [9.17, 15) is 35.9 Å². The Hall–Kier alpha value is -3.70. The zero-order valence-corrected chi connectivity index (χ0v) is 15.2. The van der Waals surface area contributed by atoms with E-state index >= 15 is 0 Å². The van der Waals surface area contributed by atoms with E-state index < -0.39 is 47.7 Å². The molecule has 0 unspecified atom stereocenters. The summed E-state index contributed by atoms with van der Waals surface area (Å²) < 4.78 is 87.5. The smallest absolute Gasteiger partial charge is 0.416 e. The van der Waals surface area contributed by atoms with Crippen molar-refractivity contribution in [3.63, 3.8) is 0 Å². The predicted octanol–water partition coefficient (Wildman–Crippen LogP) is 4.59. The van der Waals surface area contributed by atoms with E-state index in [1.165, 1.54) is 12.1 Å². The normalized spacial score (nSPS) is 12.1. The average molecular weight is 446 g/mol. The highest BCUT2D eigenvalue weighted by Gasteiger charge is 2.37. The lowest BCUT2D eigenvalue weighted by atomic mass is 10.1. The fourth-order valence-corrected chi connectivity index (χ4v) is 2.68. The molecule has 0 spiro atoms. The van der Waals surface area contributed by atoms with Gasteiger partial charge in [0.2, 0.25) is 5.76 Å². The van der Waals surface area contributed by atoms with Crippen LogP contribution in [0.1, 0.15) is 21.7 Å². The summed E-state index contributed by atoms with van der Waals surface area (Å²) in [5.41, 5.74) is 2.15. The Balaban J connectivity index is 1.83. The third-order valence-corrected chi connectivity index (χ3v) is 4.01. The van der Waals surface area contributed by atoms with Crippen LogP contribution < -0.4 is 15.8 Å². The van der Waals surface area contributed by atoms with Crippen LogP contribution in [0.4, 0.5) is 32.0 Å². The monoisotopic (exact) mass is 446 g/mol. The summed E-state index contributed by atoms with van der Waals surface area (Å²) in [4.78, 5) is 23.7. The SMILES string of the molecule is NC(=O)c1oc2ccccc2c1NC(=O)COc1cc(C(F)(F)F)cc(C(F)(F)F)c1. The van der Waals surface area contributed by atoms with E-state index in [4.69, 9.17) is 14.9 Å². The standard InChI is InChI=1S/C19H12F6N2O4/c20-18(21,22)9-5-10(19(23,24)25)7-11(6-9)30-8-14(28)27-15-12-3-1-2-4-13(12)31-16(15)17(26)29/h1-7H,8H2,(H2,26,29)(H,27,28). The number of benzene rings is 2. The minimum atomic E-state index is -5.06. The summed E-state index contributed by atoms with van der Waals surface area (Å²) in [6.07, 6.45) is -10.1. The molecular weight excluding hydrogens is 434 g/mol. The molecule has 0 saturated heterocycles. The van der Waals surface area contributed by atoms with Crippen molar-refractivity contribution in [3.05, 3.63) is 59.4 Å². The van der Waals surface area contributed by atoms with Gasteiger partial charge in [-0.15, -0.1) is 0 Å². The first kappa shape index (κ1) is 22.0. The Kier molecular flexibility index (Phi) is 5.57. The number of fused-ring (bicyclic) bond motifs is 1. The van der Waals surface area contributed by atoms with Gasteiger partial charge in [-0.3, -0.25) is 9.59 Å². The number of hydrogen-bond donors (Lipinski definition) is 2. The average Bonchev–Trinajstić information content (AvgIpc) is 3.04. The maximum absolute atomic E-state index is 12.9. The van der Waals surface area contributed by atoms with Gasteiger partial charge in [-0.05, 0) is 30.3 Å². The summed E-state index contributed by atoms with van der Waals surface area (Å²) in [6.45, 7) is -0.948. The number of halogens is 6. The molecule has 6 nitrogen and oxygen atoms in total. The molecule has 3 N–H and O–H groups in total. The molecule has 0 atom stereocenters. The summed E-state index contributed by atoms with van der Waals surface area (Å²) in [7, 11) is 0. The van der Waals surface area contributed by atoms with E-state index in [1.54, 1.807) is 12.1 Å². The molecule has 0 saturated carbocycles. The molecule has 2 aromatic carbocycles. The highest BCUT2D eigenvalue weighted by Crippen LogP contribution is 2.38. The molecule has 1 heterocycles. The van der Waals surface area contributed by atoms with Gasteiger partial charge in [0.05, 0.1) is 11.1 Å². The first-order valence-corrected chi connectivity index (χ1v) is 8.39. The Morgan fingerprint density at radius 2 is 1.55 bits per heavy atom. The van der Waals surface area contributed by atoms with Gasteiger partial charge in [0.1, 0.15) is 17.0 Å². The van der Waals surface area contributed by atoms with Crippen molar-refractivity contribution in [3.8, 4) is 5.75 Å². The molecule has 12 heteroatoms. The van der Waals surface area contributed by atoms with Crippen LogP contribution in [0.2, 0.25) is 0 Å². The van der Waals surface area contributed by atoms with Crippen molar-refractivity contribution in [2.24, 2.45) is 5.73 Å². The van der Waals surface area contributed by atoms with Crippen LogP contribution in [0.5, 0.6) is 5.75 Å². The number of ether oxygens (including phenoxy) is 1. The van der Waals surface area contributed by atoms with Gasteiger partial charge >= 0.3 is 12.4 Å². The third kappa shape index (κ3) is 4.90. The highest BCUT2D eigenvalue weighted by molar-refractivity contribution is 6.10. The zero-order chi connectivity index (χ0) is 23.0. The molecule has 1 aromatic heterocycles. The number of anilines is 1. The van der Waals surface area contributed by atoms with Crippen molar-refractivity contribution in [2.75, 3.05) is 11.9 Å². The molecule has 3 aromatic rings. The number of alkyl halides is 6. The van der Waals surface area contributed by atoms with E-state index in [-0.39, 0.29) is 23.1 Å². The first-order chi connectivity index (χ1) is 14.4. The Bertz CT molecular complexity index is 1120. The number of nitrogens with one attached hydrogen (secondary N) is 1. The predicted molar refractivity (Wildman–Crippen MR) is 95.3 cm³/mol. The molecule has 3 rings (SSSR count). The third-order valence-electron chi connectivity index (χ3n) is 4.01. The van der Waals surface area contributed by atoms with Gasteiger partial charge < -0.3 is 20.2 Å². The van der Waals surface area contributed by atoms with Crippen LogP contribution in [-0.2, 0) is 17.1 Å². The minimum absolute atomic E-state index is 0.0658. The van der Waals surface area contributed by atoms with Crippen LogP contribution in [0.25, 0.3) is 11.0 Å². The highest BCUT2D eigenvalue weighted by atomic mass is 19.4. The van der Waals surface area contributed by atoms with Crippen molar-refractivity contribution in [1.29, 1.82) is 0 Å². The molecule has 0 aliphatic carbocycles. The number of amides is 2. The molecule has 2 amide bonds. The fourth-order valence-electron chi connectivity index (χ4n) is 2.68. The van der Waals surface area contributed by atoms with Crippen molar-refractivity contribution in [1.82, 2.24) is 0 Å². The lowest BCUT2D eigenvalue weighted by molar-refractivity contribution is -0.143. The number of carbonyl (C=O) groups is 2. The van der Waals surface area contributed by atoms with Crippen LogP contribution in [0, 0.1) is 0 Å². The fraction of sp³-hybridized carbons (Fsp3) is 0.158. The summed E-state index contributed by atoms with van der Waals surface area (Å²) in [6, 6.07) is 6.78. The molecular formula is C19H12F6N2O4. The van der Waals surface area contributed by atoms with E-state index in [0.29, 0.717) is 17.5 Å². The van der Waals surface area contributed by atoms with Gasteiger partial charge in [-0.1, -0.05) is 12.1 Å². The number of hydrogen-bond acceptors (Lipinski definition) is 4. The second-order valence-corrected chi connectivity index (χ2v) is 6.25. The van der Waals surface area contributed by atoms with Crippen LogP contribution in [-0.4, -0.2) is 18.4 Å². The summed E-state index contributed by atoms with van der Waals surface area (Å²) in [5.74, 6) is -3.17. The molecule has 0 aliphatic heterocycles. The molecule has 0 aliphatic rings. The number of nitrogens with two attached hydrogens (primary N) is 1. The van der Waals surface area contributed by atoms with Crippen molar-refractivity contribution < 1.29 is 45.1 Å². The van der Waals surface area contributed by atoms with Crippen LogP contribution >= 0.6 is 0 Å². The van der Waals surface area contributed by atoms with Crippen molar-refractivity contribution in [2.45, 2.75) is 12.4 Å². The molecule has 0 bridgehead atoms. The number of carbonyl (C=O) groups excluding carboxylic acids is 2. The Morgan fingerprint density at radius 3 is 2.10 bits per heavy atom. The summed E-state index contributed by atoms with van der Waals surface area (Å²) >= 11 is 0. The molecule has 164 valence electrons. The van der Waals surface area contributed by atoms with Gasteiger partial charge in [0.15, 0.2) is 6.61 Å². The molecule has 0 radical (unpaired) electrons. The minimum Gasteiger partial charge on any atom is -0.484 e. The molecule has 0 fully saturated rings. The number of para-hydroxylation sites is 1. The van der Waals surface area contributed by atoms with Crippen LogP contribution in [0.15, 0.2) is 46.9 Å². The van der Waals surface area contributed by atoms with Crippen molar-refractivity contribution >= 4 is 28.5 Å². The maximum atomic E-state index is 12.9. The second-order valence-electron chi connectivity index (χ2n) is 6.25. The van der Waals surface area contributed by atoms with Gasteiger partial charge in [0, 0.05) is 5.39 Å². The van der Waals surface area contributed by atoms with E-state index in [0.717, 1.165) is 0 Å². The van der Waals surface area contributed by atoms with Gasteiger partial charge in [-0.2, -0.15) is 26.3 Å². The first-order valence-electron chi connectivity index (χ1n) is 8.39. The van der Waals surface area contributed by atoms with Crippen LogP contribution in [0.3, 0.4) is 0 Å². The number of furan rings is 1. The van der Waals surface area contributed by atoms with Gasteiger partial charge in [-0.25, -0.2) is 0 Å². The van der Waals surface area contributed by atoms with E-state index in [2.05, 4.69) is 5.32 Å². The topological polar surface area (TPSA) is 94.6 Å². The Morgan fingerprint density at radius 1 is 0.968 bits per heavy atom. The van der Waals surface area contributed by atoms with E-state index in [1.807, 2.05) is 0 Å².